The van der Waals surface area contributed by atoms with Crippen molar-refractivity contribution in [2.75, 3.05) is 0 Å². The van der Waals surface area contributed by atoms with Crippen LogP contribution in [0.5, 0.6) is 0 Å². The maximum Gasteiger partial charge on any atom is 0.142 e. The second-order valence-corrected chi connectivity index (χ2v) is 1.91. The van der Waals surface area contributed by atoms with Gasteiger partial charge in [-0.25, -0.2) is 0 Å². The van der Waals surface area contributed by atoms with Crippen molar-refractivity contribution in [3.8, 4) is 0 Å². The number of allylic oxidation sites excluding steroid dienone is 2. The minimum Gasteiger partial charge on any atom is -0.299 e. The Balaban J connectivity index is 3.35. The van der Waals surface area contributed by atoms with Crippen LogP contribution in [-0.2, 0) is 4.79 Å². The Kier molecular flexibility index (Phi) is 4.23. The van der Waals surface area contributed by atoms with Crippen LogP contribution in [0.2, 0.25) is 0 Å². The lowest BCUT2D eigenvalue weighted by atomic mass is 10.1. The van der Waals surface area contributed by atoms with Crippen LogP contribution in [0.15, 0.2) is 12.2 Å². The lowest BCUT2D eigenvalue weighted by Gasteiger charge is -1.95. The summed E-state index contributed by atoms with van der Waals surface area (Å²) in [6.45, 7) is 4.18. The fraction of sp³-hybridized carbons (Fsp3) is 0.571. The zero-order valence-corrected chi connectivity index (χ0v) is 5.42. The van der Waals surface area contributed by atoms with E-state index < -0.39 is 0 Å². The van der Waals surface area contributed by atoms with E-state index in [4.69, 9.17) is 0 Å². The normalized spacial score (nSPS) is 14.2. The van der Waals surface area contributed by atoms with E-state index in [1.165, 1.54) is 0 Å². The van der Waals surface area contributed by atoms with Crippen LogP contribution in [0, 0.1) is 5.92 Å². The van der Waals surface area contributed by atoms with Gasteiger partial charge in [0.25, 0.3) is 0 Å². The van der Waals surface area contributed by atoms with Crippen molar-refractivity contribution >= 4 is 6.29 Å². The van der Waals surface area contributed by atoms with Crippen LogP contribution >= 0.6 is 0 Å². The van der Waals surface area contributed by atoms with Gasteiger partial charge in [-0.05, 0) is 12.0 Å². The Bertz CT molecular complexity index is 84.4. The van der Waals surface area contributed by atoms with Gasteiger partial charge >= 0.3 is 0 Å². The standard InChI is InChI=1S/C7H12O/c1-3-7(2)5-4-6-8/h4-7H,3H2,1-2H3/b5-4+/t7-/m0/s1. The summed E-state index contributed by atoms with van der Waals surface area (Å²) in [5.74, 6) is 0.542. The third-order valence-electron chi connectivity index (χ3n) is 1.16. The molecule has 46 valence electrons. The number of carbonyl (C=O) groups is 1. The number of carbonyl (C=O) groups excluding carboxylic acids is 1. The molecule has 1 heteroatoms. The fourth-order valence-corrected chi connectivity index (χ4v) is 0.371. The molecule has 1 atom stereocenters. The van der Waals surface area contributed by atoms with Crippen LogP contribution in [0.3, 0.4) is 0 Å². The minimum atomic E-state index is 0.542. The highest BCUT2D eigenvalue weighted by atomic mass is 16.1. The monoisotopic (exact) mass is 112 g/mol. The Morgan fingerprint density at radius 1 is 1.62 bits per heavy atom. The van der Waals surface area contributed by atoms with Gasteiger partial charge in [-0.2, -0.15) is 0 Å². The molecule has 0 rings (SSSR count). The predicted octanol–water partition coefficient (Wildman–Crippen LogP) is 1.79. The molecule has 0 aromatic carbocycles. The van der Waals surface area contributed by atoms with Gasteiger partial charge in [-0.1, -0.05) is 26.3 Å². The molecule has 0 aliphatic carbocycles. The maximum absolute atomic E-state index is 9.74. The molecule has 0 spiro atoms. The van der Waals surface area contributed by atoms with E-state index in [0.717, 1.165) is 12.7 Å². The van der Waals surface area contributed by atoms with Gasteiger partial charge < -0.3 is 0 Å². The summed E-state index contributed by atoms with van der Waals surface area (Å²) in [5, 5.41) is 0. The zero-order chi connectivity index (χ0) is 6.41. The zero-order valence-electron chi connectivity index (χ0n) is 5.42. The van der Waals surface area contributed by atoms with E-state index in [0.29, 0.717) is 5.92 Å². The van der Waals surface area contributed by atoms with Crippen LogP contribution in [0.4, 0.5) is 0 Å². The molecule has 0 radical (unpaired) electrons. The summed E-state index contributed by atoms with van der Waals surface area (Å²) >= 11 is 0. The summed E-state index contributed by atoms with van der Waals surface area (Å²) in [6.07, 6.45) is 5.37. The first-order valence-corrected chi connectivity index (χ1v) is 2.93. The maximum atomic E-state index is 9.74. The second-order valence-electron chi connectivity index (χ2n) is 1.91. The van der Waals surface area contributed by atoms with Crippen LogP contribution < -0.4 is 0 Å². The van der Waals surface area contributed by atoms with Gasteiger partial charge in [0.2, 0.25) is 0 Å². The van der Waals surface area contributed by atoms with Gasteiger partial charge in [0.05, 0.1) is 0 Å². The highest BCUT2D eigenvalue weighted by molar-refractivity contribution is 5.64. The molecule has 0 aromatic rings. The number of rotatable bonds is 3. The van der Waals surface area contributed by atoms with E-state index in [1.54, 1.807) is 6.08 Å². The molecular formula is C7H12O. The number of hydrogen-bond donors (Lipinski definition) is 0. The van der Waals surface area contributed by atoms with Crippen molar-refractivity contribution in [3.63, 3.8) is 0 Å². The Hall–Kier alpha value is -0.590. The lowest BCUT2D eigenvalue weighted by Crippen LogP contribution is -1.83. The van der Waals surface area contributed by atoms with E-state index >= 15 is 0 Å². The molecule has 0 amide bonds. The highest BCUT2D eigenvalue weighted by Crippen LogP contribution is 1.99. The largest absolute Gasteiger partial charge is 0.299 e. The van der Waals surface area contributed by atoms with Crippen molar-refractivity contribution in [1.82, 2.24) is 0 Å². The van der Waals surface area contributed by atoms with Crippen molar-refractivity contribution in [3.05, 3.63) is 12.2 Å². The van der Waals surface area contributed by atoms with Crippen molar-refractivity contribution in [2.24, 2.45) is 5.92 Å². The Labute approximate surface area is 50.4 Å². The summed E-state index contributed by atoms with van der Waals surface area (Å²) < 4.78 is 0. The quantitative estimate of drug-likeness (QED) is 0.402. The van der Waals surface area contributed by atoms with Crippen molar-refractivity contribution < 1.29 is 4.79 Å². The molecule has 0 bridgehead atoms. The van der Waals surface area contributed by atoms with Crippen molar-refractivity contribution in [1.29, 1.82) is 0 Å². The summed E-state index contributed by atoms with van der Waals surface area (Å²) in [6, 6.07) is 0. The van der Waals surface area contributed by atoms with E-state index in [1.807, 2.05) is 6.08 Å². The third kappa shape index (κ3) is 3.59. The summed E-state index contributed by atoms with van der Waals surface area (Å²) in [7, 11) is 0. The van der Waals surface area contributed by atoms with Crippen LogP contribution in [0.25, 0.3) is 0 Å². The van der Waals surface area contributed by atoms with E-state index in [-0.39, 0.29) is 0 Å². The second kappa shape index (κ2) is 4.57. The number of aldehydes is 1. The van der Waals surface area contributed by atoms with Gasteiger partial charge in [-0.3, -0.25) is 4.79 Å². The van der Waals surface area contributed by atoms with E-state index in [9.17, 15) is 4.79 Å². The molecule has 0 fully saturated rings. The molecule has 0 N–H and O–H groups in total. The molecule has 0 heterocycles. The topological polar surface area (TPSA) is 17.1 Å². The fourth-order valence-electron chi connectivity index (χ4n) is 0.371. The van der Waals surface area contributed by atoms with Crippen LogP contribution in [0.1, 0.15) is 20.3 Å². The van der Waals surface area contributed by atoms with Gasteiger partial charge in [0.15, 0.2) is 0 Å². The molecule has 0 saturated carbocycles. The molecular weight excluding hydrogens is 100 g/mol. The van der Waals surface area contributed by atoms with Gasteiger partial charge in [0, 0.05) is 0 Å². The highest BCUT2D eigenvalue weighted by Gasteiger charge is 1.87. The average Bonchev–Trinajstić information content (AvgIpc) is 1.83. The lowest BCUT2D eigenvalue weighted by molar-refractivity contribution is -0.104. The smallest absolute Gasteiger partial charge is 0.142 e. The Morgan fingerprint density at radius 2 is 2.25 bits per heavy atom. The molecule has 0 aliphatic rings. The molecule has 0 aliphatic heterocycles. The number of hydrogen-bond acceptors (Lipinski definition) is 1. The third-order valence-corrected chi connectivity index (χ3v) is 1.16. The molecule has 0 saturated heterocycles. The van der Waals surface area contributed by atoms with Gasteiger partial charge in [0.1, 0.15) is 6.29 Å². The van der Waals surface area contributed by atoms with Gasteiger partial charge in [-0.15, -0.1) is 0 Å². The molecule has 0 aromatic heterocycles. The summed E-state index contributed by atoms with van der Waals surface area (Å²) in [4.78, 5) is 9.74. The first-order valence-electron chi connectivity index (χ1n) is 2.93. The SMILES string of the molecule is CC[C@H](C)/C=C/C=O. The first kappa shape index (κ1) is 7.41. The van der Waals surface area contributed by atoms with E-state index in [2.05, 4.69) is 13.8 Å². The average molecular weight is 112 g/mol. The molecule has 0 unspecified atom stereocenters. The minimum absolute atomic E-state index is 0.542. The molecule has 1 nitrogen and oxygen atoms in total. The van der Waals surface area contributed by atoms with Crippen LogP contribution in [-0.4, -0.2) is 6.29 Å². The Morgan fingerprint density at radius 3 is 2.62 bits per heavy atom. The summed E-state index contributed by atoms with van der Waals surface area (Å²) in [5.41, 5.74) is 0. The van der Waals surface area contributed by atoms with Crippen molar-refractivity contribution in [2.45, 2.75) is 20.3 Å². The first-order chi connectivity index (χ1) is 3.81. The predicted molar refractivity (Wildman–Crippen MR) is 34.7 cm³/mol. The molecule has 8 heavy (non-hydrogen) atoms.